The Morgan fingerprint density at radius 3 is 2.41 bits per heavy atom. The summed E-state index contributed by atoms with van der Waals surface area (Å²) in [7, 11) is 1.65. The maximum absolute atomic E-state index is 12.2. The van der Waals surface area contributed by atoms with Crippen molar-refractivity contribution in [3.8, 4) is 0 Å². The van der Waals surface area contributed by atoms with E-state index in [9.17, 15) is 4.79 Å². The van der Waals surface area contributed by atoms with Crippen LogP contribution in [0.25, 0.3) is 0 Å². The average Bonchev–Trinajstić information content (AvgIpc) is 2.29. The molecule has 0 spiro atoms. The summed E-state index contributed by atoms with van der Waals surface area (Å²) in [6.45, 7) is 4.70. The van der Waals surface area contributed by atoms with E-state index in [1.165, 1.54) is 6.42 Å². The van der Waals surface area contributed by atoms with Crippen molar-refractivity contribution in [1.29, 1.82) is 0 Å². The van der Waals surface area contributed by atoms with Crippen LogP contribution in [0, 0.1) is 5.92 Å². The zero-order valence-electron chi connectivity index (χ0n) is 11.3. The van der Waals surface area contributed by atoms with Crippen molar-refractivity contribution in [3.63, 3.8) is 0 Å². The molecule has 1 rings (SSSR count). The minimum absolute atomic E-state index is 0.00653. The predicted octanol–water partition coefficient (Wildman–Crippen LogP) is 1.44. The van der Waals surface area contributed by atoms with Gasteiger partial charge < -0.3 is 15.8 Å². The first-order valence-corrected chi connectivity index (χ1v) is 6.58. The standard InChI is InChI=1S/C13H26N2O2/c1-10(2)11(9-17-3)15-12(16)13(14)7-5-4-6-8-13/h10-11H,4-9,14H2,1-3H3,(H,15,16). The molecule has 0 bridgehead atoms. The number of nitrogens with one attached hydrogen (secondary N) is 1. The van der Waals surface area contributed by atoms with Crippen molar-refractivity contribution >= 4 is 5.91 Å². The van der Waals surface area contributed by atoms with E-state index in [0.29, 0.717) is 12.5 Å². The summed E-state index contributed by atoms with van der Waals surface area (Å²) in [5.74, 6) is 0.346. The van der Waals surface area contributed by atoms with Crippen LogP contribution in [0.3, 0.4) is 0 Å². The molecule has 0 aliphatic heterocycles. The van der Waals surface area contributed by atoms with Crippen LogP contribution in [0.4, 0.5) is 0 Å². The van der Waals surface area contributed by atoms with Gasteiger partial charge in [0, 0.05) is 7.11 Å². The van der Waals surface area contributed by atoms with E-state index in [2.05, 4.69) is 19.2 Å². The van der Waals surface area contributed by atoms with Gasteiger partial charge in [-0.3, -0.25) is 4.79 Å². The Labute approximate surface area is 104 Å². The fourth-order valence-electron chi connectivity index (χ4n) is 2.30. The quantitative estimate of drug-likeness (QED) is 0.766. The highest BCUT2D eigenvalue weighted by Crippen LogP contribution is 2.26. The SMILES string of the molecule is COCC(NC(=O)C1(N)CCCCC1)C(C)C. The monoisotopic (exact) mass is 242 g/mol. The van der Waals surface area contributed by atoms with Crippen LogP contribution in [0.1, 0.15) is 46.0 Å². The van der Waals surface area contributed by atoms with Crippen LogP contribution in [-0.4, -0.2) is 31.2 Å². The lowest BCUT2D eigenvalue weighted by molar-refractivity contribution is -0.129. The third-order valence-corrected chi connectivity index (χ3v) is 3.67. The van der Waals surface area contributed by atoms with Gasteiger partial charge in [0.25, 0.3) is 0 Å². The van der Waals surface area contributed by atoms with E-state index in [-0.39, 0.29) is 11.9 Å². The van der Waals surface area contributed by atoms with Gasteiger partial charge in [-0.05, 0) is 18.8 Å². The Morgan fingerprint density at radius 2 is 1.94 bits per heavy atom. The molecule has 0 aromatic rings. The molecular formula is C13H26N2O2. The first-order chi connectivity index (χ1) is 7.99. The van der Waals surface area contributed by atoms with E-state index in [1.54, 1.807) is 7.11 Å². The second-order valence-electron chi connectivity index (χ2n) is 5.50. The lowest BCUT2D eigenvalue weighted by Gasteiger charge is -2.34. The van der Waals surface area contributed by atoms with Crippen molar-refractivity contribution in [1.82, 2.24) is 5.32 Å². The second kappa shape index (κ2) is 6.36. The minimum atomic E-state index is -0.654. The van der Waals surface area contributed by atoms with Gasteiger partial charge in [-0.25, -0.2) is 0 Å². The molecule has 0 aromatic carbocycles. The molecule has 4 heteroatoms. The zero-order valence-corrected chi connectivity index (χ0v) is 11.3. The average molecular weight is 242 g/mol. The number of nitrogens with two attached hydrogens (primary N) is 1. The van der Waals surface area contributed by atoms with Crippen LogP contribution < -0.4 is 11.1 Å². The van der Waals surface area contributed by atoms with Crippen molar-refractivity contribution < 1.29 is 9.53 Å². The zero-order chi connectivity index (χ0) is 12.9. The highest BCUT2D eigenvalue weighted by Gasteiger charge is 2.36. The fraction of sp³-hybridized carbons (Fsp3) is 0.923. The lowest BCUT2D eigenvalue weighted by atomic mass is 9.81. The highest BCUT2D eigenvalue weighted by molar-refractivity contribution is 5.86. The Bertz CT molecular complexity index is 248. The van der Waals surface area contributed by atoms with E-state index >= 15 is 0 Å². The van der Waals surface area contributed by atoms with Gasteiger partial charge in [0.2, 0.25) is 5.91 Å². The molecule has 0 radical (unpaired) electrons. The molecule has 3 N–H and O–H groups in total. The molecule has 1 fully saturated rings. The van der Waals surface area contributed by atoms with Gasteiger partial charge in [-0.15, -0.1) is 0 Å². The van der Waals surface area contributed by atoms with Crippen LogP contribution >= 0.6 is 0 Å². The first-order valence-electron chi connectivity index (χ1n) is 6.58. The topological polar surface area (TPSA) is 64.3 Å². The van der Waals surface area contributed by atoms with Crippen LogP contribution in [0.15, 0.2) is 0 Å². The van der Waals surface area contributed by atoms with E-state index in [1.807, 2.05) is 0 Å². The molecule has 1 amide bonds. The molecule has 0 aromatic heterocycles. The predicted molar refractivity (Wildman–Crippen MR) is 68.6 cm³/mol. The van der Waals surface area contributed by atoms with Crippen molar-refractivity contribution in [2.45, 2.75) is 57.5 Å². The summed E-state index contributed by atoms with van der Waals surface area (Å²) in [6.07, 6.45) is 4.91. The largest absolute Gasteiger partial charge is 0.383 e. The van der Waals surface area contributed by atoms with Crippen LogP contribution in [0.2, 0.25) is 0 Å². The van der Waals surface area contributed by atoms with Crippen molar-refractivity contribution in [2.75, 3.05) is 13.7 Å². The molecule has 0 saturated heterocycles. The second-order valence-corrected chi connectivity index (χ2v) is 5.50. The highest BCUT2D eigenvalue weighted by atomic mass is 16.5. The first kappa shape index (κ1) is 14.5. The number of hydrogen-bond acceptors (Lipinski definition) is 3. The van der Waals surface area contributed by atoms with E-state index < -0.39 is 5.54 Å². The van der Waals surface area contributed by atoms with Crippen LogP contribution in [-0.2, 0) is 9.53 Å². The molecular weight excluding hydrogens is 216 g/mol. The number of rotatable bonds is 5. The molecule has 100 valence electrons. The maximum Gasteiger partial charge on any atom is 0.240 e. The molecule has 4 nitrogen and oxygen atoms in total. The summed E-state index contributed by atoms with van der Waals surface area (Å²) in [4.78, 5) is 12.2. The Balaban J connectivity index is 2.56. The number of ether oxygens (including phenoxy) is 1. The Morgan fingerprint density at radius 1 is 1.35 bits per heavy atom. The molecule has 1 aliphatic rings. The smallest absolute Gasteiger partial charge is 0.240 e. The maximum atomic E-state index is 12.2. The number of carbonyl (C=O) groups excluding carboxylic acids is 1. The number of amides is 1. The summed E-state index contributed by atoms with van der Waals surface area (Å²) >= 11 is 0. The number of methoxy groups -OCH3 is 1. The molecule has 1 atom stereocenters. The summed E-state index contributed by atoms with van der Waals surface area (Å²) in [5, 5.41) is 3.04. The Hall–Kier alpha value is -0.610. The summed E-state index contributed by atoms with van der Waals surface area (Å²) < 4.78 is 5.13. The fourth-order valence-corrected chi connectivity index (χ4v) is 2.30. The molecule has 1 aliphatic carbocycles. The molecule has 17 heavy (non-hydrogen) atoms. The van der Waals surface area contributed by atoms with Gasteiger partial charge in [0.1, 0.15) is 0 Å². The van der Waals surface area contributed by atoms with E-state index in [0.717, 1.165) is 25.7 Å². The van der Waals surface area contributed by atoms with Gasteiger partial charge in [0.05, 0.1) is 18.2 Å². The van der Waals surface area contributed by atoms with Gasteiger partial charge in [-0.1, -0.05) is 33.1 Å². The third kappa shape index (κ3) is 3.96. The third-order valence-electron chi connectivity index (χ3n) is 3.67. The van der Waals surface area contributed by atoms with Gasteiger partial charge >= 0.3 is 0 Å². The normalized spacial score (nSPS) is 21.2. The number of hydrogen-bond donors (Lipinski definition) is 2. The molecule has 0 heterocycles. The minimum Gasteiger partial charge on any atom is -0.383 e. The van der Waals surface area contributed by atoms with Crippen molar-refractivity contribution in [3.05, 3.63) is 0 Å². The number of carbonyl (C=O) groups is 1. The summed E-state index contributed by atoms with van der Waals surface area (Å²) in [5.41, 5.74) is 5.54. The van der Waals surface area contributed by atoms with E-state index in [4.69, 9.17) is 10.5 Å². The summed E-state index contributed by atoms with van der Waals surface area (Å²) in [6, 6.07) is 0.0508. The molecule has 1 saturated carbocycles. The Kier molecular flexibility index (Phi) is 5.40. The van der Waals surface area contributed by atoms with Crippen molar-refractivity contribution in [2.24, 2.45) is 11.7 Å². The molecule has 1 unspecified atom stereocenters. The van der Waals surface area contributed by atoms with Gasteiger partial charge in [0.15, 0.2) is 0 Å². The van der Waals surface area contributed by atoms with Gasteiger partial charge in [-0.2, -0.15) is 0 Å². The lowest BCUT2D eigenvalue weighted by Crippen LogP contribution is -2.58. The van der Waals surface area contributed by atoms with Crippen LogP contribution in [0.5, 0.6) is 0 Å².